The summed E-state index contributed by atoms with van der Waals surface area (Å²) >= 11 is 0. The lowest BCUT2D eigenvalue weighted by atomic mass is 10.2. The van der Waals surface area contributed by atoms with Crippen molar-refractivity contribution in [3.8, 4) is 5.75 Å². The molecule has 0 bridgehead atoms. The van der Waals surface area contributed by atoms with Crippen molar-refractivity contribution in [1.82, 2.24) is 0 Å². The average molecular weight is 256 g/mol. The lowest BCUT2D eigenvalue weighted by Crippen LogP contribution is -2.02. The van der Waals surface area contributed by atoms with E-state index in [4.69, 9.17) is 20.4 Å². The number of phenols is 1. The van der Waals surface area contributed by atoms with Gasteiger partial charge in [-0.1, -0.05) is 31.9 Å². The van der Waals surface area contributed by atoms with Crippen LogP contribution in [0.2, 0.25) is 0 Å². The van der Waals surface area contributed by atoms with Crippen LogP contribution >= 0.6 is 0 Å². The van der Waals surface area contributed by atoms with Crippen LogP contribution < -0.4 is 0 Å². The Balaban J connectivity index is 0.000000331. The Hall–Kier alpha value is -1.59. The fourth-order valence-corrected chi connectivity index (χ4v) is 1.23. The molecule has 5 nitrogen and oxygen atoms in total. The van der Waals surface area contributed by atoms with E-state index in [0.29, 0.717) is 6.42 Å². The van der Waals surface area contributed by atoms with Crippen LogP contribution in [0.4, 0.5) is 0 Å². The maximum atomic E-state index is 10.3. The number of carbonyl (C=O) groups is 1. The third-order valence-electron chi connectivity index (χ3n) is 2.20. The van der Waals surface area contributed by atoms with Crippen molar-refractivity contribution >= 4 is 5.97 Å². The number of aromatic carboxylic acids is 1. The molecule has 0 aliphatic rings. The van der Waals surface area contributed by atoms with Crippen LogP contribution in [-0.4, -0.2) is 32.7 Å². The van der Waals surface area contributed by atoms with Crippen LogP contribution in [0.1, 0.15) is 43.0 Å². The Morgan fingerprint density at radius 1 is 1.22 bits per heavy atom. The third kappa shape index (κ3) is 7.65. The molecule has 0 fully saturated rings. The lowest BCUT2D eigenvalue weighted by molar-refractivity contribution is -0.0465. The lowest BCUT2D eigenvalue weighted by Gasteiger charge is -1.99. The first kappa shape index (κ1) is 16.4. The Morgan fingerprint density at radius 3 is 2.22 bits per heavy atom. The van der Waals surface area contributed by atoms with Crippen molar-refractivity contribution in [2.45, 2.75) is 38.9 Å². The van der Waals surface area contributed by atoms with Crippen molar-refractivity contribution < 1.29 is 25.2 Å². The predicted octanol–water partition coefficient (Wildman–Crippen LogP) is 1.97. The molecule has 1 aromatic carbocycles. The molecule has 102 valence electrons. The zero-order valence-electron chi connectivity index (χ0n) is 10.4. The number of rotatable bonds is 5. The van der Waals surface area contributed by atoms with Gasteiger partial charge in [-0.2, -0.15) is 0 Å². The molecular weight excluding hydrogens is 236 g/mol. The highest BCUT2D eigenvalue weighted by atomic mass is 16.5. The molecule has 5 heteroatoms. The summed E-state index contributed by atoms with van der Waals surface area (Å²) in [5.74, 6) is -1.31. The SMILES string of the molecule is CCCCCC(O)O.O=C(O)c1ccccc1O. The summed E-state index contributed by atoms with van der Waals surface area (Å²) in [6.07, 6.45) is 2.58. The Morgan fingerprint density at radius 2 is 1.83 bits per heavy atom. The summed E-state index contributed by atoms with van der Waals surface area (Å²) in [7, 11) is 0. The summed E-state index contributed by atoms with van der Waals surface area (Å²) in [6, 6.07) is 5.81. The van der Waals surface area contributed by atoms with Gasteiger partial charge in [-0.3, -0.25) is 0 Å². The molecule has 0 atom stereocenters. The number of carboxylic acids is 1. The Kier molecular flexibility index (Phi) is 8.61. The van der Waals surface area contributed by atoms with Gasteiger partial charge >= 0.3 is 5.97 Å². The maximum absolute atomic E-state index is 10.3. The number of aliphatic hydroxyl groups is 2. The summed E-state index contributed by atoms with van der Waals surface area (Å²) in [5.41, 5.74) is -0.0671. The van der Waals surface area contributed by atoms with Crippen LogP contribution in [0.25, 0.3) is 0 Å². The highest BCUT2D eigenvalue weighted by molar-refractivity contribution is 5.90. The Bertz CT molecular complexity index is 349. The third-order valence-corrected chi connectivity index (χ3v) is 2.20. The van der Waals surface area contributed by atoms with Crippen molar-refractivity contribution in [3.63, 3.8) is 0 Å². The molecule has 0 saturated carbocycles. The van der Waals surface area contributed by atoms with Gasteiger partial charge in [0.2, 0.25) is 0 Å². The second-order valence-electron chi connectivity index (χ2n) is 3.80. The fraction of sp³-hybridized carbons (Fsp3) is 0.462. The minimum Gasteiger partial charge on any atom is -0.507 e. The van der Waals surface area contributed by atoms with Gasteiger partial charge in [0.15, 0.2) is 6.29 Å². The molecule has 1 rings (SSSR count). The van der Waals surface area contributed by atoms with E-state index in [9.17, 15) is 4.79 Å². The van der Waals surface area contributed by atoms with Crippen molar-refractivity contribution in [2.75, 3.05) is 0 Å². The zero-order valence-corrected chi connectivity index (χ0v) is 10.4. The highest BCUT2D eigenvalue weighted by Gasteiger charge is 2.05. The number of benzene rings is 1. The molecule has 1 aromatic rings. The maximum Gasteiger partial charge on any atom is 0.339 e. The van der Waals surface area contributed by atoms with E-state index in [-0.39, 0.29) is 11.3 Å². The van der Waals surface area contributed by atoms with Gasteiger partial charge in [0.05, 0.1) is 0 Å². The molecule has 18 heavy (non-hydrogen) atoms. The number of aromatic hydroxyl groups is 1. The second kappa shape index (κ2) is 9.44. The normalized spacial score (nSPS) is 9.78. The summed E-state index contributed by atoms with van der Waals surface area (Å²) in [6.45, 7) is 2.09. The number of aliphatic hydroxyl groups excluding tert-OH is 1. The zero-order chi connectivity index (χ0) is 14.0. The van der Waals surface area contributed by atoms with E-state index >= 15 is 0 Å². The summed E-state index contributed by atoms with van der Waals surface area (Å²) in [4.78, 5) is 10.3. The van der Waals surface area contributed by atoms with Crippen molar-refractivity contribution in [1.29, 1.82) is 0 Å². The number of para-hydroxylation sites is 1. The van der Waals surface area contributed by atoms with E-state index in [1.165, 1.54) is 12.1 Å². The first-order chi connectivity index (χ1) is 8.49. The minimum absolute atomic E-state index is 0.0671. The topological polar surface area (TPSA) is 98.0 Å². The molecule has 0 amide bonds. The van der Waals surface area contributed by atoms with Gasteiger partial charge < -0.3 is 20.4 Å². The smallest absolute Gasteiger partial charge is 0.339 e. The van der Waals surface area contributed by atoms with E-state index in [1.807, 2.05) is 0 Å². The van der Waals surface area contributed by atoms with Gasteiger partial charge in [0.25, 0.3) is 0 Å². The van der Waals surface area contributed by atoms with Gasteiger partial charge in [-0.15, -0.1) is 0 Å². The van der Waals surface area contributed by atoms with Gasteiger partial charge in [0, 0.05) is 0 Å². The number of hydrogen-bond acceptors (Lipinski definition) is 4. The van der Waals surface area contributed by atoms with Gasteiger partial charge in [-0.05, 0) is 25.0 Å². The number of carboxylic acid groups (broad SMARTS) is 1. The predicted molar refractivity (Wildman–Crippen MR) is 67.4 cm³/mol. The molecular formula is C13H20O5. The minimum atomic E-state index is -1.11. The fourth-order valence-electron chi connectivity index (χ4n) is 1.23. The second-order valence-corrected chi connectivity index (χ2v) is 3.80. The average Bonchev–Trinajstić information content (AvgIpc) is 2.30. The monoisotopic (exact) mass is 256 g/mol. The molecule has 0 radical (unpaired) electrons. The van der Waals surface area contributed by atoms with Crippen molar-refractivity contribution in [2.24, 2.45) is 0 Å². The van der Waals surface area contributed by atoms with Crippen LogP contribution in [0.5, 0.6) is 5.75 Å². The molecule has 0 saturated heterocycles. The molecule has 0 aromatic heterocycles. The summed E-state index contributed by atoms with van der Waals surface area (Å²) < 4.78 is 0. The molecule has 0 aliphatic heterocycles. The first-order valence-corrected chi connectivity index (χ1v) is 5.86. The van der Waals surface area contributed by atoms with Crippen LogP contribution in [0.3, 0.4) is 0 Å². The van der Waals surface area contributed by atoms with E-state index in [2.05, 4.69) is 6.92 Å². The number of hydrogen-bond donors (Lipinski definition) is 4. The van der Waals surface area contributed by atoms with E-state index in [1.54, 1.807) is 12.1 Å². The van der Waals surface area contributed by atoms with Crippen molar-refractivity contribution in [3.05, 3.63) is 29.8 Å². The van der Waals surface area contributed by atoms with Crippen LogP contribution in [0.15, 0.2) is 24.3 Å². The summed E-state index contributed by atoms with van der Waals surface area (Å²) in [5, 5.41) is 34.0. The molecule has 0 unspecified atom stereocenters. The quantitative estimate of drug-likeness (QED) is 0.477. The molecule has 0 heterocycles. The van der Waals surface area contributed by atoms with Crippen LogP contribution in [-0.2, 0) is 0 Å². The first-order valence-electron chi connectivity index (χ1n) is 5.86. The largest absolute Gasteiger partial charge is 0.507 e. The Labute approximate surface area is 106 Å². The standard InChI is InChI=1S/C7H6O3.C6H14O2/c8-6-4-2-1-3-5(6)7(9)10;1-2-3-4-5-6(7)8/h1-4,8H,(H,9,10);6-8H,2-5H2,1H3. The van der Waals surface area contributed by atoms with Gasteiger partial charge in [-0.25, -0.2) is 4.79 Å². The molecule has 0 aliphatic carbocycles. The van der Waals surface area contributed by atoms with Crippen LogP contribution in [0, 0.1) is 0 Å². The molecule has 0 spiro atoms. The van der Waals surface area contributed by atoms with E-state index < -0.39 is 12.3 Å². The number of unbranched alkanes of at least 4 members (excludes halogenated alkanes) is 2. The molecule has 4 N–H and O–H groups in total. The van der Waals surface area contributed by atoms with Gasteiger partial charge in [0.1, 0.15) is 11.3 Å². The van der Waals surface area contributed by atoms with E-state index in [0.717, 1.165) is 19.3 Å². The highest BCUT2D eigenvalue weighted by Crippen LogP contribution is 2.14.